The number of nitrogens with one attached hydrogen (secondary N) is 1. The molecule has 0 atom stereocenters. The third kappa shape index (κ3) is 4.76. The first-order valence-electron chi connectivity index (χ1n) is 5.16. The van der Waals surface area contributed by atoms with Gasteiger partial charge >= 0.3 is 0 Å². The summed E-state index contributed by atoms with van der Waals surface area (Å²) in [5, 5.41) is 3.37. The highest BCUT2D eigenvalue weighted by molar-refractivity contribution is 6.30. The smallest absolute Gasteiger partial charge is 0.245 e. The molecule has 0 heterocycles. The van der Waals surface area contributed by atoms with E-state index in [2.05, 4.69) is 11.2 Å². The number of carbonyl (C=O) groups excluding carboxylic acids is 1. The molecule has 1 aromatic rings. The number of benzene rings is 1. The normalized spacial score (nSPS) is 11.2. The number of hydrogen-bond donors (Lipinski definition) is 1. The van der Waals surface area contributed by atoms with Gasteiger partial charge in [0.25, 0.3) is 0 Å². The fraction of sp³-hybridized carbons (Fsp3) is 0.214. The Kier molecular flexibility index (Phi) is 4.37. The molecule has 0 unspecified atom stereocenters. The summed E-state index contributed by atoms with van der Waals surface area (Å²) in [6.07, 6.45) is 8.43. The first-order valence-corrected chi connectivity index (χ1v) is 5.54. The second-order valence-corrected chi connectivity index (χ2v) is 4.58. The topological polar surface area (TPSA) is 29.1 Å². The van der Waals surface area contributed by atoms with Crippen LogP contribution in [0.4, 0.5) is 0 Å². The minimum absolute atomic E-state index is 0.220. The molecule has 1 amide bonds. The third-order valence-corrected chi connectivity index (χ3v) is 2.35. The average molecular weight is 248 g/mol. The molecule has 0 aliphatic carbocycles. The lowest BCUT2D eigenvalue weighted by Crippen LogP contribution is -2.41. The van der Waals surface area contributed by atoms with E-state index in [1.165, 1.54) is 6.08 Å². The molecule has 0 bridgehead atoms. The molecule has 0 spiro atoms. The van der Waals surface area contributed by atoms with Crippen LogP contribution in [0.15, 0.2) is 30.3 Å². The molecule has 88 valence electrons. The summed E-state index contributed by atoms with van der Waals surface area (Å²) in [5.41, 5.74) is 0.268. The summed E-state index contributed by atoms with van der Waals surface area (Å²) in [5.74, 6) is 2.28. The van der Waals surface area contributed by atoms with E-state index in [9.17, 15) is 4.79 Å². The minimum Gasteiger partial charge on any atom is -0.337 e. The van der Waals surface area contributed by atoms with Crippen LogP contribution in [0.5, 0.6) is 0 Å². The Morgan fingerprint density at radius 1 is 1.41 bits per heavy atom. The van der Waals surface area contributed by atoms with Crippen molar-refractivity contribution >= 4 is 23.6 Å². The van der Waals surface area contributed by atoms with Crippen molar-refractivity contribution in [3.63, 3.8) is 0 Å². The Balaban J connectivity index is 2.63. The molecule has 0 saturated heterocycles. The second kappa shape index (κ2) is 5.56. The standard InChI is InChI=1S/C14H14ClNO/c1-4-14(2,3)16-13(17)10-7-11-5-8-12(15)9-6-11/h1,5-10H,2-3H3,(H,16,17). The van der Waals surface area contributed by atoms with Crippen LogP contribution in [-0.2, 0) is 4.79 Å². The maximum atomic E-state index is 11.5. The average Bonchev–Trinajstić information content (AvgIpc) is 2.28. The minimum atomic E-state index is -0.637. The zero-order valence-corrected chi connectivity index (χ0v) is 10.6. The van der Waals surface area contributed by atoms with E-state index in [-0.39, 0.29) is 5.91 Å². The number of hydrogen-bond acceptors (Lipinski definition) is 1. The molecule has 3 heteroatoms. The third-order valence-electron chi connectivity index (χ3n) is 2.09. The highest BCUT2D eigenvalue weighted by atomic mass is 35.5. The molecule has 0 aromatic heterocycles. The summed E-state index contributed by atoms with van der Waals surface area (Å²) in [7, 11) is 0. The fourth-order valence-electron chi connectivity index (χ4n) is 1.13. The van der Waals surface area contributed by atoms with Crippen molar-refractivity contribution in [3.8, 4) is 12.3 Å². The van der Waals surface area contributed by atoms with Crippen molar-refractivity contribution in [2.75, 3.05) is 0 Å². The van der Waals surface area contributed by atoms with Crippen LogP contribution in [0, 0.1) is 12.3 Å². The molecule has 0 aliphatic rings. The molecular weight excluding hydrogens is 234 g/mol. The second-order valence-electron chi connectivity index (χ2n) is 4.14. The molecule has 2 nitrogen and oxygen atoms in total. The summed E-state index contributed by atoms with van der Waals surface area (Å²) in [6, 6.07) is 7.20. The van der Waals surface area contributed by atoms with Gasteiger partial charge in [0, 0.05) is 11.1 Å². The Hall–Kier alpha value is -1.72. The van der Waals surface area contributed by atoms with E-state index >= 15 is 0 Å². The molecular formula is C14H14ClNO. The van der Waals surface area contributed by atoms with Gasteiger partial charge in [0.1, 0.15) is 0 Å². The zero-order valence-electron chi connectivity index (χ0n) is 9.83. The van der Waals surface area contributed by atoms with Crippen LogP contribution >= 0.6 is 11.6 Å². The SMILES string of the molecule is C#CC(C)(C)NC(=O)C=Cc1ccc(Cl)cc1. The largest absolute Gasteiger partial charge is 0.337 e. The maximum absolute atomic E-state index is 11.5. The summed E-state index contributed by atoms with van der Waals surface area (Å²) in [4.78, 5) is 11.5. The first kappa shape index (κ1) is 13.3. The lowest BCUT2D eigenvalue weighted by molar-refractivity contribution is -0.117. The van der Waals surface area contributed by atoms with Gasteiger partial charge in [-0.2, -0.15) is 0 Å². The highest BCUT2D eigenvalue weighted by Crippen LogP contribution is 2.10. The van der Waals surface area contributed by atoms with E-state index in [0.717, 1.165) is 5.56 Å². The predicted molar refractivity (Wildman–Crippen MR) is 71.5 cm³/mol. The number of carbonyl (C=O) groups is 1. The van der Waals surface area contributed by atoms with E-state index in [4.69, 9.17) is 18.0 Å². The van der Waals surface area contributed by atoms with Gasteiger partial charge in [0.15, 0.2) is 0 Å². The number of halogens is 1. The molecule has 0 saturated carbocycles. The monoisotopic (exact) mass is 247 g/mol. The van der Waals surface area contributed by atoms with Gasteiger partial charge in [-0.05, 0) is 37.6 Å². The van der Waals surface area contributed by atoms with Gasteiger partial charge in [-0.25, -0.2) is 0 Å². The van der Waals surface area contributed by atoms with Gasteiger partial charge in [0.2, 0.25) is 5.91 Å². The fourth-order valence-corrected chi connectivity index (χ4v) is 1.26. The van der Waals surface area contributed by atoms with Crippen molar-refractivity contribution in [3.05, 3.63) is 40.9 Å². The summed E-state index contributed by atoms with van der Waals surface area (Å²) < 4.78 is 0. The molecule has 17 heavy (non-hydrogen) atoms. The van der Waals surface area contributed by atoms with Gasteiger partial charge in [0.05, 0.1) is 5.54 Å². The molecule has 0 aliphatic heterocycles. The predicted octanol–water partition coefficient (Wildman–Crippen LogP) is 2.88. The first-order chi connectivity index (χ1) is 7.93. The number of amides is 1. The van der Waals surface area contributed by atoms with Crippen LogP contribution in [0.3, 0.4) is 0 Å². The highest BCUT2D eigenvalue weighted by Gasteiger charge is 2.14. The van der Waals surface area contributed by atoms with E-state index in [0.29, 0.717) is 5.02 Å². The Bertz CT molecular complexity index is 466. The van der Waals surface area contributed by atoms with Crippen LogP contribution in [0.2, 0.25) is 5.02 Å². The lowest BCUT2D eigenvalue weighted by Gasteiger charge is -2.17. The summed E-state index contributed by atoms with van der Waals surface area (Å²) >= 11 is 5.75. The van der Waals surface area contributed by atoms with E-state index < -0.39 is 5.54 Å². The van der Waals surface area contributed by atoms with Crippen LogP contribution in [0.1, 0.15) is 19.4 Å². The maximum Gasteiger partial charge on any atom is 0.245 e. The molecule has 1 aromatic carbocycles. The van der Waals surface area contributed by atoms with Gasteiger partial charge < -0.3 is 5.32 Å². The van der Waals surface area contributed by atoms with Crippen LogP contribution < -0.4 is 5.32 Å². The molecule has 1 rings (SSSR count). The van der Waals surface area contributed by atoms with Gasteiger partial charge in [-0.3, -0.25) is 4.79 Å². The lowest BCUT2D eigenvalue weighted by atomic mass is 10.1. The van der Waals surface area contributed by atoms with E-state index in [1.54, 1.807) is 32.1 Å². The van der Waals surface area contributed by atoms with Gasteiger partial charge in [-0.15, -0.1) is 6.42 Å². The van der Waals surface area contributed by atoms with Crippen molar-refractivity contribution in [1.82, 2.24) is 5.32 Å². The van der Waals surface area contributed by atoms with Crippen molar-refractivity contribution in [2.45, 2.75) is 19.4 Å². The van der Waals surface area contributed by atoms with Crippen molar-refractivity contribution in [1.29, 1.82) is 0 Å². The quantitative estimate of drug-likeness (QED) is 0.646. The number of rotatable bonds is 3. The van der Waals surface area contributed by atoms with E-state index in [1.807, 2.05) is 12.1 Å². The van der Waals surface area contributed by atoms with Gasteiger partial charge in [-0.1, -0.05) is 29.7 Å². The van der Waals surface area contributed by atoms with Crippen LogP contribution in [-0.4, -0.2) is 11.4 Å². The summed E-state index contributed by atoms with van der Waals surface area (Å²) in [6.45, 7) is 3.53. The van der Waals surface area contributed by atoms with Crippen molar-refractivity contribution in [2.24, 2.45) is 0 Å². The molecule has 0 fully saturated rings. The van der Waals surface area contributed by atoms with Crippen LogP contribution in [0.25, 0.3) is 6.08 Å². The number of terminal acetylenes is 1. The molecule has 0 radical (unpaired) electrons. The Labute approximate surface area is 107 Å². The van der Waals surface area contributed by atoms with Crippen molar-refractivity contribution < 1.29 is 4.79 Å². The zero-order chi connectivity index (χ0) is 12.9. The Morgan fingerprint density at radius 2 is 2.00 bits per heavy atom. The Morgan fingerprint density at radius 3 is 2.53 bits per heavy atom. The molecule has 1 N–H and O–H groups in total.